The van der Waals surface area contributed by atoms with Crippen LogP contribution in [0.4, 0.5) is 0 Å². The molecule has 0 bridgehead atoms. The first kappa shape index (κ1) is 13.6. The maximum atomic E-state index is 12.8. The Hall–Kier alpha value is -1.39. The highest BCUT2D eigenvalue weighted by molar-refractivity contribution is 5.79. The zero-order valence-electron chi connectivity index (χ0n) is 12.2. The molecule has 0 radical (unpaired) electrons. The largest absolute Gasteiger partial charge is 0.337 e. The van der Waals surface area contributed by atoms with Crippen molar-refractivity contribution < 1.29 is 9.32 Å². The number of nitrogens with zero attached hydrogens (tertiary/aromatic N) is 3. The molecule has 0 aromatic carbocycles. The molecule has 5 heteroatoms. The lowest BCUT2D eigenvalue weighted by atomic mass is 10.0. The van der Waals surface area contributed by atoms with Crippen LogP contribution in [0.5, 0.6) is 0 Å². The lowest BCUT2D eigenvalue weighted by Gasteiger charge is -2.29. The second-order valence-electron chi connectivity index (χ2n) is 6.06. The summed E-state index contributed by atoms with van der Waals surface area (Å²) in [5.41, 5.74) is 0. The first-order chi connectivity index (χ1) is 9.75. The summed E-state index contributed by atoms with van der Waals surface area (Å²) in [5, 5.41) is 3.89. The van der Waals surface area contributed by atoms with Crippen LogP contribution in [0.15, 0.2) is 4.52 Å². The molecular formula is C15H23N3O2. The van der Waals surface area contributed by atoms with Crippen LogP contribution in [0.25, 0.3) is 0 Å². The number of carbonyl (C=O) groups is 1. The van der Waals surface area contributed by atoms with Gasteiger partial charge in [-0.05, 0) is 32.6 Å². The lowest BCUT2D eigenvalue weighted by Crippen LogP contribution is -2.38. The number of aromatic nitrogens is 2. The van der Waals surface area contributed by atoms with Crippen molar-refractivity contribution in [1.29, 1.82) is 0 Å². The Morgan fingerprint density at radius 3 is 2.60 bits per heavy atom. The first-order valence-corrected chi connectivity index (χ1v) is 7.86. The van der Waals surface area contributed by atoms with E-state index in [0.29, 0.717) is 17.6 Å². The van der Waals surface area contributed by atoms with Gasteiger partial charge in [0.05, 0.1) is 0 Å². The molecule has 1 aromatic heterocycles. The van der Waals surface area contributed by atoms with Crippen LogP contribution in [0.2, 0.25) is 0 Å². The second kappa shape index (κ2) is 5.94. The molecule has 1 aliphatic heterocycles. The summed E-state index contributed by atoms with van der Waals surface area (Å²) in [6.45, 7) is 2.66. The maximum Gasteiger partial charge on any atom is 0.249 e. The van der Waals surface area contributed by atoms with Gasteiger partial charge in [0, 0.05) is 12.5 Å². The summed E-state index contributed by atoms with van der Waals surface area (Å²) in [6.07, 6.45) is 8.81. The molecule has 1 aliphatic carbocycles. The van der Waals surface area contributed by atoms with E-state index >= 15 is 0 Å². The first-order valence-electron chi connectivity index (χ1n) is 7.86. The molecule has 2 fully saturated rings. The average molecular weight is 277 g/mol. The van der Waals surface area contributed by atoms with E-state index in [2.05, 4.69) is 10.1 Å². The fourth-order valence-electron chi connectivity index (χ4n) is 3.48. The Kier molecular flexibility index (Phi) is 4.03. The number of hydrogen-bond acceptors (Lipinski definition) is 4. The van der Waals surface area contributed by atoms with E-state index in [9.17, 15) is 4.79 Å². The van der Waals surface area contributed by atoms with E-state index < -0.39 is 0 Å². The van der Waals surface area contributed by atoms with Crippen molar-refractivity contribution in [1.82, 2.24) is 15.0 Å². The highest BCUT2D eigenvalue weighted by Crippen LogP contribution is 2.34. The van der Waals surface area contributed by atoms with E-state index in [0.717, 1.165) is 38.6 Å². The van der Waals surface area contributed by atoms with Crippen LogP contribution in [0.3, 0.4) is 0 Å². The van der Waals surface area contributed by atoms with Crippen molar-refractivity contribution in [2.75, 3.05) is 6.54 Å². The molecular weight excluding hydrogens is 254 g/mol. The van der Waals surface area contributed by atoms with Crippen molar-refractivity contribution in [3.63, 3.8) is 0 Å². The molecule has 1 atom stereocenters. The summed E-state index contributed by atoms with van der Waals surface area (Å²) in [5.74, 6) is 1.80. The van der Waals surface area contributed by atoms with Gasteiger partial charge in [-0.3, -0.25) is 4.79 Å². The molecule has 110 valence electrons. The Morgan fingerprint density at radius 1 is 1.15 bits per heavy atom. The molecule has 5 nitrogen and oxygen atoms in total. The molecule has 2 heterocycles. The van der Waals surface area contributed by atoms with Crippen molar-refractivity contribution in [3.8, 4) is 0 Å². The molecule has 3 rings (SSSR count). The molecule has 1 aromatic rings. The number of aryl methyl sites for hydroxylation is 1. The summed E-state index contributed by atoms with van der Waals surface area (Å²) >= 11 is 0. The summed E-state index contributed by atoms with van der Waals surface area (Å²) in [6, 6.07) is -0.00759. The Labute approximate surface area is 119 Å². The van der Waals surface area contributed by atoms with Crippen LogP contribution in [0.1, 0.15) is 69.1 Å². The number of carbonyl (C=O) groups excluding carboxylic acids is 1. The highest BCUT2D eigenvalue weighted by Gasteiger charge is 2.35. The lowest BCUT2D eigenvalue weighted by molar-refractivity contribution is -0.138. The summed E-state index contributed by atoms with van der Waals surface area (Å²) in [4.78, 5) is 19.2. The van der Waals surface area contributed by atoms with Gasteiger partial charge >= 0.3 is 0 Å². The third-order valence-electron chi connectivity index (χ3n) is 4.57. The molecule has 20 heavy (non-hydrogen) atoms. The number of amides is 1. The summed E-state index contributed by atoms with van der Waals surface area (Å²) < 4.78 is 5.35. The molecule has 0 spiro atoms. The van der Waals surface area contributed by atoms with E-state index in [4.69, 9.17) is 4.52 Å². The standard InChI is InChI=1S/C15H23N3O2/c1-11-16-14(20-17-11)13-9-3-2-6-10-18(13)15(19)12-7-4-5-8-12/h12-13H,2-10H2,1H3. The van der Waals surface area contributed by atoms with Crippen molar-refractivity contribution in [2.24, 2.45) is 5.92 Å². The van der Waals surface area contributed by atoms with E-state index in [1.807, 2.05) is 11.8 Å². The minimum atomic E-state index is -0.00759. The van der Waals surface area contributed by atoms with Crippen LogP contribution >= 0.6 is 0 Å². The number of hydrogen-bond donors (Lipinski definition) is 0. The van der Waals surface area contributed by atoms with Crippen molar-refractivity contribution >= 4 is 5.91 Å². The zero-order chi connectivity index (χ0) is 13.9. The van der Waals surface area contributed by atoms with Gasteiger partial charge in [-0.15, -0.1) is 0 Å². The van der Waals surface area contributed by atoms with Gasteiger partial charge < -0.3 is 9.42 Å². The minimum Gasteiger partial charge on any atom is -0.337 e. The number of rotatable bonds is 2. The van der Waals surface area contributed by atoms with Crippen LogP contribution < -0.4 is 0 Å². The Bertz CT molecular complexity index is 465. The van der Waals surface area contributed by atoms with Gasteiger partial charge in [0.25, 0.3) is 0 Å². The van der Waals surface area contributed by atoms with Gasteiger partial charge in [0.15, 0.2) is 5.82 Å². The number of likely N-dealkylation sites (tertiary alicyclic amines) is 1. The SMILES string of the molecule is Cc1noc(C2CCCCCN2C(=O)C2CCCC2)n1. The van der Waals surface area contributed by atoms with Crippen LogP contribution in [-0.4, -0.2) is 27.5 Å². The molecule has 2 aliphatic rings. The van der Waals surface area contributed by atoms with Gasteiger partial charge in [-0.25, -0.2) is 0 Å². The normalized spacial score (nSPS) is 24.9. The fourth-order valence-corrected chi connectivity index (χ4v) is 3.48. The maximum absolute atomic E-state index is 12.8. The van der Waals surface area contributed by atoms with E-state index in [1.54, 1.807) is 0 Å². The minimum absolute atomic E-state index is 0.00759. The van der Waals surface area contributed by atoms with Gasteiger partial charge in [-0.2, -0.15) is 4.98 Å². The quantitative estimate of drug-likeness (QED) is 0.833. The monoisotopic (exact) mass is 277 g/mol. The second-order valence-corrected chi connectivity index (χ2v) is 6.06. The molecule has 1 saturated carbocycles. The average Bonchev–Trinajstić information content (AvgIpc) is 3.05. The van der Waals surface area contributed by atoms with Gasteiger partial charge in [0.2, 0.25) is 11.8 Å². The fraction of sp³-hybridized carbons (Fsp3) is 0.800. The predicted molar refractivity (Wildman–Crippen MR) is 73.9 cm³/mol. The smallest absolute Gasteiger partial charge is 0.249 e. The molecule has 1 unspecified atom stereocenters. The topological polar surface area (TPSA) is 59.2 Å². The van der Waals surface area contributed by atoms with E-state index in [1.165, 1.54) is 19.3 Å². The molecule has 0 N–H and O–H groups in total. The van der Waals surface area contributed by atoms with Gasteiger partial charge in [-0.1, -0.05) is 30.8 Å². The Morgan fingerprint density at radius 2 is 1.90 bits per heavy atom. The van der Waals surface area contributed by atoms with Crippen molar-refractivity contribution in [2.45, 2.75) is 64.3 Å². The highest BCUT2D eigenvalue weighted by atomic mass is 16.5. The van der Waals surface area contributed by atoms with Gasteiger partial charge in [0.1, 0.15) is 6.04 Å². The third kappa shape index (κ3) is 2.72. The molecule has 1 amide bonds. The van der Waals surface area contributed by atoms with E-state index in [-0.39, 0.29) is 12.0 Å². The summed E-state index contributed by atoms with van der Waals surface area (Å²) in [7, 11) is 0. The predicted octanol–water partition coefficient (Wildman–Crippen LogP) is 3.01. The van der Waals surface area contributed by atoms with Crippen molar-refractivity contribution in [3.05, 3.63) is 11.7 Å². The Balaban J connectivity index is 1.81. The van der Waals surface area contributed by atoms with Crippen LogP contribution in [-0.2, 0) is 4.79 Å². The molecule has 1 saturated heterocycles. The van der Waals surface area contributed by atoms with Crippen LogP contribution in [0, 0.1) is 12.8 Å². The third-order valence-corrected chi connectivity index (χ3v) is 4.57. The zero-order valence-corrected chi connectivity index (χ0v) is 12.2.